The molecule has 3 aromatic heterocycles. The van der Waals surface area contributed by atoms with E-state index in [4.69, 9.17) is 0 Å². The highest BCUT2D eigenvalue weighted by molar-refractivity contribution is 7.94. The summed E-state index contributed by atoms with van der Waals surface area (Å²) in [5, 5.41) is 8.44. The van der Waals surface area contributed by atoms with Crippen molar-refractivity contribution >= 4 is 27.0 Å². The molecule has 7 nitrogen and oxygen atoms in total. The molecular weight excluding hydrogens is 334 g/mol. The summed E-state index contributed by atoms with van der Waals surface area (Å²) < 4.78 is 31.4. The molecular formula is C14H17N5O2S2. The highest BCUT2D eigenvalue weighted by atomic mass is 32.2. The minimum Gasteiger partial charge on any atom is -0.275 e. The molecule has 0 radical (unpaired) electrons. The van der Waals surface area contributed by atoms with Gasteiger partial charge in [-0.1, -0.05) is 0 Å². The van der Waals surface area contributed by atoms with Crippen molar-refractivity contribution in [3.8, 4) is 11.3 Å². The monoisotopic (exact) mass is 351 g/mol. The van der Waals surface area contributed by atoms with Crippen molar-refractivity contribution in [3.05, 3.63) is 35.1 Å². The Morgan fingerprint density at radius 2 is 1.91 bits per heavy atom. The van der Waals surface area contributed by atoms with Crippen molar-refractivity contribution in [2.75, 3.05) is 4.72 Å². The van der Waals surface area contributed by atoms with E-state index in [1.165, 1.54) is 11.3 Å². The van der Waals surface area contributed by atoms with Crippen molar-refractivity contribution < 1.29 is 8.42 Å². The summed E-state index contributed by atoms with van der Waals surface area (Å²) >= 11 is 1.26. The number of anilines is 1. The third-order valence-corrected chi connectivity index (χ3v) is 6.45. The standard InChI is InChI=1S/C14H17N5O2S2/c1-9-5-13(22-10(9)2)23(20,21)17-12-8-19(4)16-14(12)11-6-15-18(3)7-11/h5-8,17H,1-4H3. The van der Waals surface area contributed by atoms with Crippen LogP contribution < -0.4 is 4.72 Å². The second-order valence-electron chi connectivity index (χ2n) is 5.38. The van der Waals surface area contributed by atoms with Gasteiger partial charge in [0.1, 0.15) is 9.90 Å². The molecule has 0 aliphatic rings. The van der Waals surface area contributed by atoms with Crippen LogP contribution in [0, 0.1) is 13.8 Å². The fourth-order valence-corrected chi connectivity index (χ4v) is 4.75. The maximum atomic E-state index is 12.6. The van der Waals surface area contributed by atoms with Crippen LogP contribution >= 0.6 is 11.3 Å². The summed E-state index contributed by atoms with van der Waals surface area (Å²) in [6.07, 6.45) is 5.09. The third kappa shape index (κ3) is 3.02. The van der Waals surface area contributed by atoms with Crippen LogP contribution in [-0.4, -0.2) is 28.0 Å². The largest absolute Gasteiger partial charge is 0.275 e. The Balaban J connectivity index is 2.00. The molecule has 0 amide bonds. The molecule has 0 saturated carbocycles. The lowest BCUT2D eigenvalue weighted by atomic mass is 10.2. The quantitative estimate of drug-likeness (QED) is 0.782. The molecule has 0 aliphatic carbocycles. The minimum atomic E-state index is -3.64. The van der Waals surface area contributed by atoms with Gasteiger partial charge in [0.25, 0.3) is 10.0 Å². The Kier molecular flexibility index (Phi) is 3.77. The summed E-state index contributed by atoms with van der Waals surface area (Å²) in [5.74, 6) is 0. The van der Waals surface area contributed by atoms with Gasteiger partial charge < -0.3 is 0 Å². The number of rotatable bonds is 4. The predicted molar refractivity (Wildman–Crippen MR) is 90.0 cm³/mol. The normalized spacial score (nSPS) is 11.8. The molecule has 9 heteroatoms. The highest BCUT2D eigenvalue weighted by Crippen LogP contribution is 2.30. The maximum Gasteiger partial charge on any atom is 0.271 e. The van der Waals surface area contributed by atoms with Crippen LogP contribution in [0.15, 0.2) is 28.9 Å². The van der Waals surface area contributed by atoms with E-state index in [2.05, 4.69) is 14.9 Å². The second-order valence-corrected chi connectivity index (χ2v) is 8.54. The van der Waals surface area contributed by atoms with E-state index in [-0.39, 0.29) is 0 Å². The molecule has 0 spiro atoms. The number of nitrogens with zero attached hydrogens (tertiary/aromatic N) is 4. The van der Waals surface area contributed by atoms with Gasteiger partial charge in [0.2, 0.25) is 0 Å². The predicted octanol–water partition coefficient (Wildman–Crippen LogP) is 2.30. The van der Waals surface area contributed by atoms with Gasteiger partial charge in [-0.15, -0.1) is 11.3 Å². The number of hydrogen-bond acceptors (Lipinski definition) is 5. The van der Waals surface area contributed by atoms with Crippen molar-refractivity contribution in [3.63, 3.8) is 0 Å². The maximum absolute atomic E-state index is 12.6. The fourth-order valence-electron chi connectivity index (χ4n) is 2.19. The zero-order valence-corrected chi connectivity index (χ0v) is 14.9. The lowest BCUT2D eigenvalue weighted by Gasteiger charge is -2.05. The van der Waals surface area contributed by atoms with E-state index >= 15 is 0 Å². The van der Waals surface area contributed by atoms with Crippen molar-refractivity contribution in [2.45, 2.75) is 18.1 Å². The van der Waals surface area contributed by atoms with Gasteiger partial charge in [0, 0.05) is 36.9 Å². The first-order valence-corrected chi connectivity index (χ1v) is 9.19. The van der Waals surface area contributed by atoms with Crippen LogP contribution in [0.2, 0.25) is 0 Å². The lowest BCUT2D eigenvalue weighted by molar-refractivity contribution is 0.603. The Hall–Kier alpha value is -2.13. The number of hydrogen-bond donors (Lipinski definition) is 1. The molecule has 3 aromatic rings. The summed E-state index contributed by atoms with van der Waals surface area (Å²) in [6, 6.07) is 1.68. The van der Waals surface area contributed by atoms with Crippen LogP contribution in [0.4, 0.5) is 5.69 Å². The summed E-state index contributed by atoms with van der Waals surface area (Å²) in [4.78, 5) is 0.990. The smallest absolute Gasteiger partial charge is 0.271 e. The zero-order chi connectivity index (χ0) is 16.8. The number of thiophene rings is 1. The van der Waals surface area contributed by atoms with Gasteiger partial charge >= 0.3 is 0 Å². The molecule has 0 aromatic carbocycles. The molecule has 1 N–H and O–H groups in total. The van der Waals surface area contributed by atoms with Crippen LogP contribution in [0.5, 0.6) is 0 Å². The van der Waals surface area contributed by atoms with Gasteiger partial charge in [0.15, 0.2) is 0 Å². The summed E-state index contributed by atoms with van der Waals surface area (Å²) in [7, 11) is -0.0912. The molecule has 0 unspecified atom stereocenters. The molecule has 0 fully saturated rings. The fraction of sp³-hybridized carbons (Fsp3) is 0.286. The molecule has 0 bridgehead atoms. The van der Waals surface area contributed by atoms with Crippen molar-refractivity contribution in [2.24, 2.45) is 14.1 Å². The average Bonchev–Trinajstić information content (AvgIpc) is 3.11. The van der Waals surface area contributed by atoms with Gasteiger partial charge in [-0.05, 0) is 25.5 Å². The van der Waals surface area contributed by atoms with E-state index in [9.17, 15) is 8.42 Å². The first kappa shape index (κ1) is 15.8. The minimum absolute atomic E-state index is 0.300. The average molecular weight is 351 g/mol. The first-order valence-electron chi connectivity index (χ1n) is 6.89. The number of nitrogens with one attached hydrogen (secondary N) is 1. The van der Waals surface area contributed by atoms with Gasteiger partial charge in [-0.25, -0.2) is 8.42 Å². The zero-order valence-electron chi connectivity index (χ0n) is 13.2. The third-order valence-electron chi connectivity index (χ3n) is 3.46. The van der Waals surface area contributed by atoms with Crippen LogP contribution in [0.3, 0.4) is 0 Å². The SMILES string of the molecule is Cc1cc(S(=O)(=O)Nc2cn(C)nc2-c2cnn(C)c2)sc1C. The Morgan fingerprint density at radius 1 is 1.17 bits per heavy atom. The Morgan fingerprint density at radius 3 is 2.48 bits per heavy atom. The molecule has 0 atom stereocenters. The van der Waals surface area contributed by atoms with Crippen LogP contribution in [0.25, 0.3) is 11.3 Å². The topological polar surface area (TPSA) is 81.8 Å². The molecule has 0 aliphatic heterocycles. The molecule has 23 heavy (non-hydrogen) atoms. The van der Waals surface area contributed by atoms with Crippen molar-refractivity contribution in [1.82, 2.24) is 19.6 Å². The Bertz CT molecular complexity index is 946. The summed E-state index contributed by atoms with van der Waals surface area (Å²) in [5.41, 5.74) is 2.71. The summed E-state index contributed by atoms with van der Waals surface area (Å²) in [6.45, 7) is 3.81. The van der Waals surface area contributed by atoms with Crippen molar-refractivity contribution in [1.29, 1.82) is 0 Å². The van der Waals surface area contributed by atoms with Gasteiger partial charge in [-0.3, -0.25) is 14.1 Å². The van der Waals surface area contributed by atoms with E-state index in [0.29, 0.717) is 15.6 Å². The number of aromatic nitrogens is 4. The van der Waals surface area contributed by atoms with E-state index < -0.39 is 10.0 Å². The number of aryl methyl sites for hydroxylation is 4. The van der Waals surface area contributed by atoms with E-state index in [1.807, 2.05) is 13.8 Å². The van der Waals surface area contributed by atoms with Gasteiger partial charge in [0.05, 0.1) is 11.9 Å². The van der Waals surface area contributed by atoms with Gasteiger partial charge in [-0.2, -0.15) is 10.2 Å². The molecule has 122 valence electrons. The highest BCUT2D eigenvalue weighted by Gasteiger charge is 2.21. The Labute approximate surface area is 138 Å². The molecule has 3 rings (SSSR count). The lowest BCUT2D eigenvalue weighted by Crippen LogP contribution is -2.11. The molecule has 3 heterocycles. The van der Waals surface area contributed by atoms with E-state index in [0.717, 1.165) is 16.0 Å². The van der Waals surface area contributed by atoms with Crippen LogP contribution in [0.1, 0.15) is 10.4 Å². The first-order chi connectivity index (χ1) is 10.8. The molecule has 0 saturated heterocycles. The van der Waals surface area contributed by atoms with Crippen LogP contribution in [-0.2, 0) is 24.1 Å². The second kappa shape index (κ2) is 5.50. The number of sulfonamides is 1. The van der Waals surface area contributed by atoms with E-state index in [1.54, 1.807) is 48.1 Å².